The second-order valence-electron chi connectivity index (χ2n) is 10.1. The number of thiophene rings is 1. The van der Waals surface area contributed by atoms with Crippen molar-refractivity contribution in [2.45, 2.75) is 35.0 Å². The molecule has 0 bridgehead atoms. The molecule has 2 saturated heterocycles. The molecule has 2 aromatic rings. The molecule has 2 aliphatic rings. The number of nitrogens with one attached hydrogen (secondary N) is 1. The summed E-state index contributed by atoms with van der Waals surface area (Å²) in [6.45, 7) is 2.93. The summed E-state index contributed by atoms with van der Waals surface area (Å²) < 4.78 is 99.8. The minimum absolute atomic E-state index is 0.115. The van der Waals surface area contributed by atoms with Crippen LogP contribution < -0.4 is 9.62 Å². The molecule has 3 unspecified atom stereocenters. The first kappa shape index (κ1) is 31.2. The van der Waals surface area contributed by atoms with E-state index in [9.17, 15) is 35.1 Å². The van der Waals surface area contributed by atoms with E-state index in [-0.39, 0.29) is 48.6 Å². The highest BCUT2D eigenvalue weighted by Crippen LogP contribution is 2.39. The maximum absolute atomic E-state index is 13.4. The topological polar surface area (TPSA) is 119 Å². The molecule has 2 aliphatic heterocycles. The maximum atomic E-state index is 13.4. The van der Waals surface area contributed by atoms with Crippen LogP contribution in [0.25, 0.3) is 0 Å². The Bertz CT molecular complexity index is 1350. The quantitative estimate of drug-likeness (QED) is 0.432. The van der Waals surface area contributed by atoms with Crippen LogP contribution in [0.3, 0.4) is 0 Å². The van der Waals surface area contributed by atoms with E-state index in [1.165, 1.54) is 28.6 Å². The lowest BCUT2D eigenvalue weighted by Gasteiger charge is -2.46. The van der Waals surface area contributed by atoms with E-state index in [0.29, 0.717) is 32.3 Å². The molecule has 16 heteroatoms. The van der Waals surface area contributed by atoms with Gasteiger partial charge in [0.1, 0.15) is 4.21 Å². The lowest BCUT2D eigenvalue weighted by molar-refractivity contribution is -0.258. The Morgan fingerprint density at radius 1 is 1.07 bits per heavy atom. The number of morpholine rings is 1. The van der Waals surface area contributed by atoms with Gasteiger partial charge in [0, 0.05) is 51.0 Å². The number of halogens is 3. The number of aliphatic hydroxyl groups is 1. The van der Waals surface area contributed by atoms with E-state index in [1.807, 2.05) is 9.80 Å². The molecule has 1 aromatic carbocycles. The molecule has 40 heavy (non-hydrogen) atoms. The number of benzene rings is 1. The average Bonchev–Trinajstić information content (AvgIpc) is 3.43. The lowest BCUT2D eigenvalue weighted by atomic mass is 9.95. The van der Waals surface area contributed by atoms with Crippen molar-refractivity contribution in [1.29, 1.82) is 0 Å². The molecule has 224 valence electrons. The first-order valence-electron chi connectivity index (χ1n) is 12.6. The molecule has 0 radical (unpaired) electrons. The zero-order valence-electron chi connectivity index (χ0n) is 22.0. The van der Waals surface area contributed by atoms with Gasteiger partial charge in [0.25, 0.3) is 10.0 Å². The fourth-order valence-electron chi connectivity index (χ4n) is 4.86. The van der Waals surface area contributed by atoms with Gasteiger partial charge < -0.3 is 14.7 Å². The predicted octanol–water partition coefficient (Wildman–Crippen LogP) is 1.65. The standard InChI is InChI=1S/C24H33F3N4O6S3/c1-23(32,24(25,26)27)18-5-7-19(8-6-18)31-10-9-30(40(35,36)22-4-3-13-38-22)16-21(31)15-29-11-12-37-17-20(29)14-28-39(2,33)34/h3-8,13,20-21,28,32H,9-12,14-17H2,1-2H3. The van der Waals surface area contributed by atoms with Crippen LogP contribution in [0.2, 0.25) is 0 Å². The zero-order valence-corrected chi connectivity index (χ0v) is 24.5. The minimum Gasteiger partial charge on any atom is -0.378 e. The molecule has 2 fully saturated rings. The molecular formula is C24H33F3N4O6S3. The van der Waals surface area contributed by atoms with Gasteiger partial charge in [0.2, 0.25) is 10.0 Å². The average molecular weight is 627 g/mol. The van der Waals surface area contributed by atoms with Gasteiger partial charge in [-0.15, -0.1) is 11.3 Å². The highest BCUT2D eigenvalue weighted by molar-refractivity contribution is 7.91. The number of hydrogen-bond acceptors (Lipinski definition) is 9. The molecular weight excluding hydrogens is 593 g/mol. The van der Waals surface area contributed by atoms with Crippen LogP contribution in [-0.4, -0.2) is 108 Å². The monoisotopic (exact) mass is 626 g/mol. The Kier molecular flexibility index (Phi) is 9.22. The fraction of sp³-hybridized carbons (Fsp3) is 0.583. The molecule has 10 nitrogen and oxygen atoms in total. The van der Waals surface area contributed by atoms with E-state index in [0.717, 1.165) is 17.6 Å². The van der Waals surface area contributed by atoms with Gasteiger partial charge in [-0.1, -0.05) is 18.2 Å². The predicted molar refractivity (Wildman–Crippen MR) is 145 cm³/mol. The summed E-state index contributed by atoms with van der Waals surface area (Å²) in [5, 5.41) is 11.8. The normalized spacial score (nSPS) is 23.7. The summed E-state index contributed by atoms with van der Waals surface area (Å²) in [5.41, 5.74) is -2.75. The van der Waals surface area contributed by atoms with E-state index >= 15 is 0 Å². The van der Waals surface area contributed by atoms with Crippen LogP contribution in [-0.2, 0) is 30.4 Å². The second-order valence-corrected chi connectivity index (χ2v) is 15.0. The Hall–Kier alpha value is -1.79. The van der Waals surface area contributed by atoms with Gasteiger partial charge >= 0.3 is 6.18 Å². The van der Waals surface area contributed by atoms with E-state index in [4.69, 9.17) is 4.74 Å². The Balaban J connectivity index is 1.61. The molecule has 2 N–H and O–H groups in total. The third-order valence-corrected chi connectivity index (χ3v) is 11.2. The van der Waals surface area contributed by atoms with Crippen LogP contribution in [0.15, 0.2) is 46.0 Å². The van der Waals surface area contributed by atoms with Crippen molar-refractivity contribution in [3.05, 3.63) is 47.3 Å². The molecule has 3 atom stereocenters. The number of hydrogen-bond donors (Lipinski definition) is 2. The summed E-state index contributed by atoms with van der Waals surface area (Å²) in [6.07, 6.45) is -3.79. The highest BCUT2D eigenvalue weighted by Gasteiger charge is 2.51. The summed E-state index contributed by atoms with van der Waals surface area (Å²) in [7, 11) is -7.19. The Labute approximate surface area is 236 Å². The first-order valence-corrected chi connectivity index (χ1v) is 16.8. The van der Waals surface area contributed by atoms with E-state index in [2.05, 4.69) is 4.72 Å². The summed E-state index contributed by atoms with van der Waals surface area (Å²) in [4.78, 5) is 3.99. The third-order valence-electron chi connectivity index (χ3n) is 7.22. The molecule has 0 amide bonds. The van der Waals surface area contributed by atoms with E-state index in [1.54, 1.807) is 17.5 Å². The molecule has 0 aliphatic carbocycles. The SMILES string of the molecule is CC(O)(c1ccc(N2CCN(S(=O)(=O)c3cccs3)CC2CN2CCOCC2CNS(C)(=O)=O)cc1)C(F)(F)F. The van der Waals surface area contributed by atoms with Crippen molar-refractivity contribution >= 4 is 37.1 Å². The highest BCUT2D eigenvalue weighted by atomic mass is 32.2. The summed E-state index contributed by atoms with van der Waals surface area (Å²) in [5.74, 6) is 0. The van der Waals surface area contributed by atoms with Crippen LogP contribution in [0.5, 0.6) is 0 Å². The van der Waals surface area contributed by atoms with E-state index < -0.39 is 37.9 Å². The molecule has 0 saturated carbocycles. The minimum atomic E-state index is -4.86. The molecule has 0 spiro atoms. The second kappa shape index (κ2) is 11.8. The lowest BCUT2D eigenvalue weighted by Crippen LogP contribution is -2.61. The third kappa shape index (κ3) is 6.98. The van der Waals surface area contributed by atoms with Crippen LogP contribution in [0.4, 0.5) is 18.9 Å². The molecule has 4 rings (SSSR count). The van der Waals surface area contributed by atoms with Crippen LogP contribution >= 0.6 is 11.3 Å². The van der Waals surface area contributed by atoms with Gasteiger partial charge in [-0.2, -0.15) is 17.5 Å². The number of anilines is 1. The van der Waals surface area contributed by atoms with Gasteiger partial charge in [-0.25, -0.2) is 21.6 Å². The number of piperazine rings is 1. The molecule has 3 heterocycles. The van der Waals surface area contributed by atoms with Crippen molar-refractivity contribution < 1.29 is 39.9 Å². The summed E-state index contributed by atoms with van der Waals surface area (Å²) in [6, 6.07) is 7.94. The van der Waals surface area contributed by atoms with Gasteiger partial charge in [0.15, 0.2) is 5.60 Å². The molecule has 1 aromatic heterocycles. The Morgan fingerprint density at radius 3 is 2.38 bits per heavy atom. The number of nitrogens with zero attached hydrogens (tertiary/aromatic N) is 3. The smallest absolute Gasteiger partial charge is 0.378 e. The van der Waals surface area contributed by atoms with Crippen LogP contribution in [0.1, 0.15) is 12.5 Å². The first-order chi connectivity index (χ1) is 18.6. The van der Waals surface area contributed by atoms with Gasteiger partial charge in [-0.3, -0.25) is 4.90 Å². The number of rotatable bonds is 9. The van der Waals surface area contributed by atoms with Crippen molar-refractivity contribution in [3.8, 4) is 0 Å². The fourth-order valence-corrected chi connectivity index (χ4v) is 7.96. The van der Waals surface area contributed by atoms with Gasteiger partial charge in [-0.05, 0) is 36.1 Å². The largest absolute Gasteiger partial charge is 0.421 e. The van der Waals surface area contributed by atoms with Crippen molar-refractivity contribution in [2.24, 2.45) is 0 Å². The van der Waals surface area contributed by atoms with Crippen molar-refractivity contribution in [2.75, 3.05) is 63.6 Å². The number of ether oxygens (including phenoxy) is 1. The van der Waals surface area contributed by atoms with Crippen molar-refractivity contribution in [3.63, 3.8) is 0 Å². The maximum Gasteiger partial charge on any atom is 0.421 e. The number of alkyl halides is 3. The Morgan fingerprint density at radius 2 is 1.77 bits per heavy atom. The van der Waals surface area contributed by atoms with Crippen molar-refractivity contribution in [1.82, 2.24) is 13.9 Å². The van der Waals surface area contributed by atoms with Gasteiger partial charge in [0.05, 0.1) is 25.5 Å². The van der Waals surface area contributed by atoms with Crippen LogP contribution in [0, 0.1) is 0 Å². The number of sulfonamides is 2. The summed E-state index contributed by atoms with van der Waals surface area (Å²) >= 11 is 1.12. The zero-order chi connectivity index (χ0) is 29.3.